The Morgan fingerprint density at radius 2 is 2.05 bits per heavy atom. The molecule has 0 N–H and O–H groups in total. The van der Waals surface area contributed by atoms with E-state index in [4.69, 9.17) is 0 Å². The number of hydrogen-bond donors (Lipinski definition) is 0. The van der Waals surface area contributed by atoms with Gasteiger partial charge in [-0.2, -0.15) is 0 Å². The monoisotopic (exact) mass is 290 g/mol. The van der Waals surface area contributed by atoms with Gasteiger partial charge in [0.1, 0.15) is 0 Å². The molecule has 0 aromatic carbocycles. The van der Waals surface area contributed by atoms with Crippen LogP contribution in [0.1, 0.15) is 47.0 Å². The number of piperidine rings is 1. The third-order valence-corrected chi connectivity index (χ3v) is 5.40. The molecule has 112 valence electrons. The van der Waals surface area contributed by atoms with Crippen LogP contribution in [0.25, 0.3) is 0 Å². The molecule has 0 amide bonds. The Morgan fingerprint density at radius 3 is 2.53 bits per heavy atom. The lowest BCUT2D eigenvalue weighted by Crippen LogP contribution is -2.43. The molecule has 1 saturated heterocycles. The summed E-state index contributed by atoms with van der Waals surface area (Å²) in [5, 5.41) is 9.59. The van der Waals surface area contributed by atoms with Crippen LogP contribution in [0.5, 0.6) is 0 Å². The molecular weight excluding hydrogens is 264 g/mol. The lowest BCUT2D eigenvalue weighted by Gasteiger charge is -2.39. The van der Waals surface area contributed by atoms with E-state index >= 15 is 0 Å². The van der Waals surface area contributed by atoms with Gasteiger partial charge >= 0.3 is 5.09 Å². The molecule has 1 unspecified atom stereocenters. The summed E-state index contributed by atoms with van der Waals surface area (Å²) in [7, 11) is 0. The molecule has 1 rings (SSSR count). The van der Waals surface area contributed by atoms with Gasteiger partial charge in [-0.15, -0.1) is 10.1 Å². The van der Waals surface area contributed by atoms with Crippen LogP contribution in [0.4, 0.5) is 0 Å². The second-order valence-electron chi connectivity index (χ2n) is 6.15. The molecule has 1 aliphatic heterocycles. The minimum Gasteiger partial charge on any atom is -0.303 e. The highest BCUT2D eigenvalue weighted by Gasteiger charge is 2.31. The van der Waals surface area contributed by atoms with Gasteiger partial charge in [-0.3, -0.25) is 0 Å². The predicted octanol–water partition coefficient (Wildman–Crippen LogP) is 3.38. The van der Waals surface area contributed by atoms with Crippen molar-refractivity contribution in [2.24, 2.45) is 11.3 Å². The topological polar surface area (TPSA) is 55.6 Å². The maximum atomic E-state index is 10.2. The standard InChI is InChI=1S/C13H26N2O3S/c1-5-12-6-8-14(9-7-12)10-13(3,4)11(2)19-18-15(16)17/h11-12H,5-10H2,1-4H3. The Bertz CT molecular complexity index is 292. The minimum atomic E-state index is -0.732. The molecule has 0 radical (unpaired) electrons. The third-order valence-electron chi connectivity index (χ3n) is 4.26. The zero-order valence-electron chi connectivity index (χ0n) is 12.4. The van der Waals surface area contributed by atoms with Gasteiger partial charge in [0.25, 0.3) is 0 Å². The molecule has 1 aliphatic rings. The van der Waals surface area contributed by atoms with Crippen molar-refractivity contribution in [1.82, 2.24) is 4.90 Å². The smallest absolute Gasteiger partial charge is 0.303 e. The molecular formula is C13H26N2O3S. The number of nitrogens with zero attached hydrogens (tertiary/aromatic N) is 2. The van der Waals surface area contributed by atoms with Gasteiger partial charge in [-0.05, 0) is 37.3 Å². The molecule has 19 heavy (non-hydrogen) atoms. The largest absolute Gasteiger partial charge is 0.306 e. The Kier molecular flexibility index (Phi) is 6.39. The van der Waals surface area contributed by atoms with Crippen LogP contribution in [0.3, 0.4) is 0 Å². The molecule has 6 heteroatoms. The third kappa shape index (κ3) is 5.57. The summed E-state index contributed by atoms with van der Waals surface area (Å²) in [5.41, 5.74) is -0.000270. The van der Waals surface area contributed by atoms with E-state index in [9.17, 15) is 10.1 Å². The molecule has 5 nitrogen and oxygen atoms in total. The normalized spacial score (nSPS) is 20.2. The molecule has 0 aromatic heterocycles. The second-order valence-corrected chi connectivity index (χ2v) is 7.20. The molecule has 0 aliphatic carbocycles. The van der Waals surface area contributed by atoms with E-state index in [1.54, 1.807) is 0 Å². The Labute approximate surface area is 120 Å². The van der Waals surface area contributed by atoms with Crippen molar-refractivity contribution in [3.8, 4) is 0 Å². The molecule has 0 aromatic rings. The van der Waals surface area contributed by atoms with Gasteiger partial charge in [-0.1, -0.05) is 34.1 Å². The Balaban J connectivity index is 2.39. The SMILES string of the molecule is CCC1CCN(CC(C)(C)C(C)SO[N+](=O)[O-])CC1. The first-order valence-corrected chi connectivity index (χ1v) is 7.85. The lowest BCUT2D eigenvalue weighted by molar-refractivity contribution is -0.707. The highest BCUT2D eigenvalue weighted by molar-refractivity contribution is 7.95. The highest BCUT2D eigenvalue weighted by Crippen LogP contribution is 2.33. The van der Waals surface area contributed by atoms with Crippen LogP contribution in [0.15, 0.2) is 0 Å². The van der Waals surface area contributed by atoms with Crippen molar-refractivity contribution in [2.75, 3.05) is 19.6 Å². The maximum Gasteiger partial charge on any atom is 0.306 e. The van der Waals surface area contributed by atoms with Gasteiger partial charge in [-0.25, -0.2) is 4.28 Å². The molecule has 1 heterocycles. The van der Waals surface area contributed by atoms with Crippen molar-refractivity contribution in [3.05, 3.63) is 10.1 Å². The second kappa shape index (κ2) is 7.33. The zero-order chi connectivity index (χ0) is 14.5. The highest BCUT2D eigenvalue weighted by atomic mass is 32.2. The lowest BCUT2D eigenvalue weighted by atomic mass is 9.87. The van der Waals surface area contributed by atoms with Crippen LogP contribution in [-0.2, 0) is 4.28 Å². The number of hydrogen-bond acceptors (Lipinski definition) is 5. The molecule has 0 spiro atoms. The van der Waals surface area contributed by atoms with E-state index in [0.29, 0.717) is 0 Å². The van der Waals surface area contributed by atoms with E-state index in [0.717, 1.165) is 37.6 Å². The van der Waals surface area contributed by atoms with Crippen LogP contribution in [0.2, 0.25) is 0 Å². The van der Waals surface area contributed by atoms with Crippen LogP contribution in [0, 0.1) is 21.4 Å². The fourth-order valence-corrected chi connectivity index (χ4v) is 3.02. The summed E-state index contributed by atoms with van der Waals surface area (Å²) in [4.78, 5) is 12.7. The summed E-state index contributed by atoms with van der Waals surface area (Å²) in [6.07, 6.45) is 3.83. The van der Waals surface area contributed by atoms with Crippen molar-refractivity contribution >= 4 is 12.0 Å². The van der Waals surface area contributed by atoms with Crippen molar-refractivity contribution < 1.29 is 9.37 Å². The van der Waals surface area contributed by atoms with E-state index in [1.807, 2.05) is 6.92 Å². The summed E-state index contributed by atoms with van der Waals surface area (Å²) >= 11 is 0.959. The quantitative estimate of drug-likeness (QED) is 0.409. The molecule has 1 fully saturated rings. The number of rotatable bonds is 7. The van der Waals surface area contributed by atoms with E-state index in [2.05, 4.69) is 30.0 Å². The van der Waals surface area contributed by atoms with Crippen molar-refractivity contribution in [3.63, 3.8) is 0 Å². The first kappa shape index (κ1) is 16.6. The van der Waals surface area contributed by atoms with Crippen molar-refractivity contribution in [1.29, 1.82) is 0 Å². The van der Waals surface area contributed by atoms with Gasteiger partial charge in [0.05, 0.1) is 0 Å². The van der Waals surface area contributed by atoms with Crippen LogP contribution < -0.4 is 0 Å². The fraction of sp³-hybridized carbons (Fsp3) is 1.00. The average Bonchev–Trinajstić information content (AvgIpc) is 2.36. The van der Waals surface area contributed by atoms with Crippen molar-refractivity contribution in [2.45, 2.75) is 52.2 Å². The van der Waals surface area contributed by atoms with E-state index < -0.39 is 5.09 Å². The molecule has 0 bridgehead atoms. The van der Waals surface area contributed by atoms with Gasteiger partial charge in [0, 0.05) is 23.8 Å². The Hall–Kier alpha value is -0.490. The summed E-state index contributed by atoms with van der Waals surface area (Å²) in [6.45, 7) is 11.8. The number of likely N-dealkylation sites (tertiary alicyclic amines) is 1. The van der Waals surface area contributed by atoms with E-state index in [-0.39, 0.29) is 10.7 Å². The summed E-state index contributed by atoms with van der Waals surface area (Å²) in [5.74, 6) is 0.879. The fourth-order valence-electron chi connectivity index (χ4n) is 2.49. The van der Waals surface area contributed by atoms with Gasteiger partial charge in [0.15, 0.2) is 0 Å². The minimum absolute atomic E-state index is 0.000270. The zero-order valence-corrected chi connectivity index (χ0v) is 13.2. The molecule has 0 saturated carbocycles. The first-order valence-electron chi connectivity index (χ1n) is 7.05. The Morgan fingerprint density at radius 1 is 1.47 bits per heavy atom. The van der Waals surface area contributed by atoms with Crippen LogP contribution in [-0.4, -0.2) is 34.9 Å². The maximum absolute atomic E-state index is 10.2. The van der Waals surface area contributed by atoms with Crippen LogP contribution >= 0.6 is 12.0 Å². The van der Waals surface area contributed by atoms with E-state index in [1.165, 1.54) is 19.3 Å². The first-order chi connectivity index (χ1) is 8.85. The summed E-state index contributed by atoms with van der Waals surface area (Å²) in [6, 6.07) is 0. The van der Waals surface area contributed by atoms with Gasteiger partial charge < -0.3 is 4.90 Å². The average molecular weight is 290 g/mol. The summed E-state index contributed by atoms with van der Waals surface area (Å²) < 4.78 is 4.43. The van der Waals surface area contributed by atoms with Gasteiger partial charge in [0.2, 0.25) is 0 Å². The predicted molar refractivity (Wildman–Crippen MR) is 78.4 cm³/mol. The molecule has 1 atom stereocenters.